The van der Waals surface area contributed by atoms with E-state index in [1.165, 1.54) is 70.9 Å². The van der Waals surface area contributed by atoms with Crippen molar-refractivity contribution in [2.45, 2.75) is 82.8 Å². The summed E-state index contributed by atoms with van der Waals surface area (Å²) in [6, 6.07) is 2.60. The second-order valence-electron chi connectivity index (χ2n) is 6.74. The van der Waals surface area contributed by atoms with Gasteiger partial charge in [-0.05, 0) is 57.5 Å². The van der Waals surface area contributed by atoms with Crippen molar-refractivity contribution in [3.63, 3.8) is 0 Å². The molecule has 0 aromatic rings. The first-order chi connectivity index (χ1) is 8.88. The molecule has 0 spiro atoms. The Balaban J connectivity index is 1.62. The average Bonchev–Trinajstić information content (AvgIpc) is 3.09. The van der Waals surface area contributed by atoms with E-state index in [1.807, 2.05) is 0 Å². The van der Waals surface area contributed by atoms with E-state index < -0.39 is 0 Å². The third kappa shape index (κ3) is 2.60. The van der Waals surface area contributed by atoms with Crippen LogP contribution in [-0.4, -0.2) is 36.1 Å². The quantitative estimate of drug-likeness (QED) is 0.827. The lowest BCUT2D eigenvalue weighted by Gasteiger charge is -2.40. The van der Waals surface area contributed by atoms with Crippen LogP contribution < -0.4 is 5.32 Å². The van der Waals surface area contributed by atoms with E-state index in [9.17, 15) is 0 Å². The summed E-state index contributed by atoms with van der Waals surface area (Å²) in [5, 5.41) is 3.75. The lowest BCUT2D eigenvalue weighted by molar-refractivity contribution is 0.101. The summed E-state index contributed by atoms with van der Waals surface area (Å²) in [6.07, 6.45) is 13.0. The number of hydrogen-bond acceptors (Lipinski definition) is 2. The van der Waals surface area contributed by atoms with Gasteiger partial charge in [-0.15, -0.1) is 0 Å². The van der Waals surface area contributed by atoms with Crippen molar-refractivity contribution in [1.29, 1.82) is 0 Å². The van der Waals surface area contributed by atoms with Crippen LogP contribution in [0.2, 0.25) is 0 Å². The van der Waals surface area contributed by atoms with Gasteiger partial charge in [0.1, 0.15) is 0 Å². The van der Waals surface area contributed by atoms with Gasteiger partial charge in [0, 0.05) is 18.1 Å². The fourth-order valence-electron chi connectivity index (χ4n) is 4.67. The Morgan fingerprint density at radius 3 is 2.78 bits per heavy atom. The van der Waals surface area contributed by atoms with Gasteiger partial charge in [0.15, 0.2) is 0 Å². The van der Waals surface area contributed by atoms with Crippen molar-refractivity contribution in [2.24, 2.45) is 5.92 Å². The molecule has 1 saturated carbocycles. The van der Waals surface area contributed by atoms with E-state index >= 15 is 0 Å². The first-order valence-electron chi connectivity index (χ1n) is 8.37. The largest absolute Gasteiger partial charge is 0.312 e. The van der Waals surface area contributed by atoms with Crippen LogP contribution in [-0.2, 0) is 0 Å². The molecule has 4 unspecified atom stereocenters. The lowest BCUT2D eigenvalue weighted by Crippen LogP contribution is -2.49. The van der Waals surface area contributed by atoms with Gasteiger partial charge in [0.2, 0.25) is 0 Å². The standard InChI is InChI=1S/C16H30N2/c1-2-13-6-3-7-14(12-13)18-11-5-9-16(18)15-8-4-10-17-15/h13-17H,2-12H2,1H3. The van der Waals surface area contributed by atoms with Crippen LogP contribution in [0, 0.1) is 5.92 Å². The number of hydrogen-bond donors (Lipinski definition) is 1. The zero-order chi connectivity index (χ0) is 12.4. The molecule has 18 heavy (non-hydrogen) atoms. The molecular formula is C16H30N2. The van der Waals surface area contributed by atoms with Crippen LogP contribution >= 0.6 is 0 Å². The molecule has 3 aliphatic rings. The van der Waals surface area contributed by atoms with Gasteiger partial charge in [-0.25, -0.2) is 0 Å². The molecule has 104 valence electrons. The van der Waals surface area contributed by atoms with E-state index in [2.05, 4.69) is 17.1 Å². The van der Waals surface area contributed by atoms with Gasteiger partial charge in [0.25, 0.3) is 0 Å². The van der Waals surface area contributed by atoms with Crippen LogP contribution in [0.4, 0.5) is 0 Å². The van der Waals surface area contributed by atoms with Crippen LogP contribution in [0.15, 0.2) is 0 Å². The summed E-state index contributed by atoms with van der Waals surface area (Å²) >= 11 is 0. The van der Waals surface area contributed by atoms with Gasteiger partial charge >= 0.3 is 0 Å². The van der Waals surface area contributed by atoms with Crippen molar-refractivity contribution in [2.75, 3.05) is 13.1 Å². The van der Waals surface area contributed by atoms with Crippen molar-refractivity contribution < 1.29 is 0 Å². The van der Waals surface area contributed by atoms with E-state index in [1.54, 1.807) is 0 Å². The molecule has 3 rings (SSSR count). The summed E-state index contributed by atoms with van der Waals surface area (Å²) in [5.41, 5.74) is 0. The summed E-state index contributed by atoms with van der Waals surface area (Å²) in [4.78, 5) is 2.91. The van der Waals surface area contributed by atoms with Crippen LogP contribution in [0.5, 0.6) is 0 Å². The van der Waals surface area contributed by atoms with Gasteiger partial charge in [-0.1, -0.05) is 26.2 Å². The van der Waals surface area contributed by atoms with E-state index in [4.69, 9.17) is 0 Å². The molecule has 2 heterocycles. The Labute approximate surface area is 113 Å². The minimum absolute atomic E-state index is 0.814. The summed E-state index contributed by atoms with van der Waals surface area (Å²) in [7, 11) is 0. The van der Waals surface area contributed by atoms with E-state index in [-0.39, 0.29) is 0 Å². The highest BCUT2D eigenvalue weighted by Gasteiger charge is 2.38. The third-order valence-corrected chi connectivity index (χ3v) is 5.71. The summed E-state index contributed by atoms with van der Waals surface area (Å²) in [5.74, 6) is 1.02. The predicted octanol–water partition coefficient (Wildman–Crippen LogP) is 3.17. The highest BCUT2D eigenvalue weighted by Crippen LogP contribution is 2.35. The zero-order valence-electron chi connectivity index (χ0n) is 12.0. The maximum absolute atomic E-state index is 3.75. The Morgan fingerprint density at radius 1 is 1.06 bits per heavy atom. The monoisotopic (exact) mass is 250 g/mol. The Kier molecular flexibility index (Phi) is 4.25. The SMILES string of the molecule is CCC1CCCC(N2CCCC2C2CCCN2)C1. The van der Waals surface area contributed by atoms with Gasteiger partial charge in [-0.3, -0.25) is 4.90 Å². The van der Waals surface area contributed by atoms with Crippen molar-refractivity contribution in [3.8, 4) is 0 Å². The Morgan fingerprint density at radius 2 is 2.00 bits per heavy atom. The Hall–Kier alpha value is -0.0800. The number of likely N-dealkylation sites (tertiary alicyclic amines) is 1. The lowest BCUT2D eigenvalue weighted by atomic mass is 9.83. The van der Waals surface area contributed by atoms with Crippen LogP contribution in [0.1, 0.15) is 64.7 Å². The molecule has 1 aliphatic carbocycles. The normalized spacial score (nSPS) is 42.5. The molecule has 2 saturated heterocycles. The number of nitrogens with one attached hydrogen (secondary N) is 1. The van der Waals surface area contributed by atoms with Gasteiger partial charge in [-0.2, -0.15) is 0 Å². The molecule has 1 N–H and O–H groups in total. The maximum atomic E-state index is 3.75. The topological polar surface area (TPSA) is 15.3 Å². The van der Waals surface area contributed by atoms with Crippen molar-refractivity contribution >= 4 is 0 Å². The highest BCUT2D eigenvalue weighted by molar-refractivity contribution is 4.95. The van der Waals surface area contributed by atoms with E-state index in [0.717, 1.165) is 24.0 Å². The van der Waals surface area contributed by atoms with Crippen LogP contribution in [0.25, 0.3) is 0 Å². The molecule has 0 aromatic heterocycles. The van der Waals surface area contributed by atoms with E-state index in [0.29, 0.717) is 0 Å². The molecule has 4 atom stereocenters. The van der Waals surface area contributed by atoms with Crippen molar-refractivity contribution in [3.05, 3.63) is 0 Å². The third-order valence-electron chi connectivity index (χ3n) is 5.71. The molecule has 2 heteroatoms. The minimum Gasteiger partial charge on any atom is -0.312 e. The molecule has 2 aliphatic heterocycles. The maximum Gasteiger partial charge on any atom is 0.0252 e. The van der Waals surface area contributed by atoms with Gasteiger partial charge in [0.05, 0.1) is 0 Å². The molecule has 3 fully saturated rings. The fraction of sp³-hybridized carbons (Fsp3) is 1.00. The zero-order valence-corrected chi connectivity index (χ0v) is 12.0. The molecule has 0 amide bonds. The summed E-state index contributed by atoms with van der Waals surface area (Å²) in [6.45, 7) is 5.02. The molecule has 2 nitrogen and oxygen atoms in total. The molecule has 0 radical (unpaired) electrons. The van der Waals surface area contributed by atoms with Gasteiger partial charge < -0.3 is 5.32 Å². The highest BCUT2D eigenvalue weighted by atomic mass is 15.2. The summed E-state index contributed by atoms with van der Waals surface area (Å²) < 4.78 is 0. The first kappa shape index (κ1) is 12.9. The Bertz CT molecular complexity index is 260. The number of rotatable bonds is 3. The molecule has 0 bridgehead atoms. The minimum atomic E-state index is 0.814. The second-order valence-corrected chi connectivity index (χ2v) is 6.74. The second kappa shape index (κ2) is 5.92. The first-order valence-corrected chi connectivity index (χ1v) is 8.37. The number of nitrogens with zero attached hydrogens (tertiary/aromatic N) is 1. The molecule has 0 aromatic carbocycles. The predicted molar refractivity (Wildman–Crippen MR) is 76.8 cm³/mol. The smallest absolute Gasteiger partial charge is 0.0252 e. The average molecular weight is 250 g/mol. The van der Waals surface area contributed by atoms with Crippen LogP contribution in [0.3, 0.4) is 0 Å². The molecular weight excluding hydrogens is 220 g/mol. The fourth-order valence-corrected chi connectivity index (χ4v) is 4.67. The van der Waals surface area contributed by atoms with Crippen molar-refractivity contribution in [1.82, 2.24) is 10.2 Å².